The van der Waals surface area contributed by atoms with E-state index in [1.807, 2.05) is 38.1 Å². The third-order valence-electron chi connectivity index (χ3n) is 6.36. The van der Waals surface area contributed by atoms with Gasteiger partial charge in [-0.25, -0.2) is 14.8 Å². The van der Waals surface area contributed by atoms with Gasteiger partial charge in [0.15, 0.2) is 5.69 Å². The molecular weight excluding hydrogens is 449 g/mol. The molecule has 178 valence electrons. The zero-order valence-electron chi connectivity index (χ0n) is 19.5. The number of aryl methyl sites for hydroxylation is 1. The first kappa shape index (κ1) is 22.5. The summed E-state index contributed by atoms with van der Waals surface area (Å²) in [7, 11) is 1.72. The molecule has 5 rings (SSSR count). The highest BCUT2D eigenvalue weighted by Crippen LogP contribution is 2.31. The van der Waals surface area contributed by atoms with E-state index in [9.17, 15) is 19.1 Å². The minimum atomic E-state index is -1.34. The molecule has 1 aliphatic heterocycles. The molecule has 4 aromatic rings. The van der Waals surface area contributed by atoms with Crippen molar-refractivity contribution in [3.8, 4) is 0 Å². The Hall–Kier alpha value is -4.27. The van der Waals surface area contributed by atoms with Crippen LogP contribution in [0.15, 0.2) is 53.3 Å². The molecular formula is C26H24FN5O3. The monoisotopic (exact) mass is 473 g/mol. The Morgan fingerprint density at radius 2 is 1.80 bits per heavy atom. The predicted octanol–water partition coefficient (Wildman–Crippen LogP) is 4.17. The second-order valence-electron chi connectivity index (χ2n) is 8.85. The molecule has 1 atom stereocenters. The molecule has 3 heterocycles. The highest BCUT2D eigenvalue weighted by Gasteiger charge is 2.25. The Morgan fingerprint density at radius 3 is 2.46 bits per heavy atom. The topological polar surface area (TPSA) is 100 Å². The summed E-state index contributed by atoms with van der Waals surface area (Å²) in [6.07, 6.45) is 0. The van der Waals surface area contributed by atoms with Crippen LogP contribution >= 0.6 is 0 Å². The molecule has 1 aliphatic rings. The number of carbonyl (C=O) groups is 1. The smallest absolute Gasteiger partial charge is 0.356 e. The maximum atomic E-state index is 13.5. The van der Waals surface area contributed by atoms with E-state index in [2.05, 4.69) is 27.3 Å². The zero-order chi connectivity index (χ0) is 24.9. The van der Waals surface area contributed by atoms with E-state index < -0.39 is 23.7 Å². The van der Waals surface area contributed by atoms with Crippen LogP contribution in [0.3, 0.4) is 0 Å². The van der Waals surface area contributed by atoms with Crippen molar-refractivity contribution in [1.82, 2.24) is 14.5 Å². The maximum absolute atomic E-state index is 13.5. The van der Waals surface area contributed by atoms with Crippen LogP contribution in [0.25, 0.3) is 10.9 Å². The number of benzene rings is 2. The molecule has 0 aliphatic carbocycles. The fourth-order valence-electron chi connectivity index (χ4n) is 4.65. The maximum Gasteiger partial charge on any atom is 0.356 e. The van der Waals surface area contributed by atoms with E-state index >= 15 is 0 Å². The molecule has 0 spiro atoms. The number of aromatic nitrogens is 3. The summed E-state index contributed by atoms with van der Waals surface area (Å²) in [5, 5.41) is 13.1. The van der Waals surface area contributed by atoms with Crippen molar-refractivity contribution >= 4 is 28.5 Å². The number of anilines is 2. The number of carboxylic acids is 1. The summed E-state index contributed by atoms with van der Waals surface area (Å²) in [6.45, 7) is 5.04. The molecule has 0 bridgehead atoms. The summed E-state index contributed by atoms with van der Waals surface area (Å²) < 4.78 is 15.1. The summed E-state index contributed by atoms with van der Waals surface area (Å²) in [5.41, 5.74) is 4.16. The second-order valence-corrected chi connectivity index (χ2v) is 8.85. The Bertz CT molecular complexity index is 1520. The summed E-state index contributed by atoms with van der Waals surface area (Å²) in [4.78, 5) is 35.5. The van der Waals surface area contributed by atoms with Gasteiger partial charge in [0, 0.05) is 25.7 Å². The van der Waals surface area contributed by atoms with Gasteiger partial charge < -0.3 is 15.3 Å². The van der Waals surface area contributed by atoms with Gasteiger partial charge in [0.05, 0.1) is 22.6 Å². The Labute approximate surface area is 200 Å². The normalized spacial score (nSPS) is 13.7. The third-order valence-corrected chi connectivity index (χ3v) is 6.36. The molecule has 2 aromatic carbocycles. The van der Waals surface area contributed by atoms with E-state index in [0.717, 1.165) is 17.2 Å². The van der Waals surface area contributed by atoms with Crippen molar-refractivity contribution in [3.63, 3.8) is 0 Å². The number of fused-ring (bicyclic) bond motifs is 2. The molecule has 8 nitrogen and oxygen atoms in total. The molecule has 2 N–H and O–H groups in total. The summed E-state index contributed by atoms with van der Waals surface area (Å²) in [6, 6.07) is 13.9. The fourth-order valence-corrected chi connectivity index (χ4v) is 4.65. The molecule has 9 heteroatoms. The molecule has 0 amide bonds. The molecule has 0 saturated heterocycles. The van der Waals surface area contributed by atoms with Gasteiger partial charge >= 0.3 is 5.97 Å². The van der Waals surface area contributed by atoms with Crippen LogP contribution in [-0.4, -0.2) is 25.6 Å². The van der Waals surface area contributed by atoms with Gasteiger partial charge in [-0.3, -0.25) is 9.36 Å². The lowest BCUT2D eigenvalue weighted by Gasteiger charge is -2.23. The summed E-state index contributed by atoms with van der Waals surface area (Å²) in [5.74, 6) is -1.65. The van der Waals surface area contributed by atoms with Gasteiger partial charge in [-0.15, -0.1) is 0 Å². The highest BCUT2D eigenvalue weighted by molar-refractivity contribution is 5.92. The number of hydrogen-bond acceptors (Lipinski definition) is 6. The molecule has 0 unspecified atom stereocenters. The molecule has 35 heavy (non-hydrogen) atoms. The molecule has 2 aromatic heterocycles. The number of carboxylic acid groups (broad SMARTS) is 1. The van der Waals surface area contributed by atoms with E-state index in [-0.39, 0.29) is 11.2 Å². The first-order valence-electron chi connectivity index (χ1n) is 11.2. The summed E-state index contributed by atoms with van der Waals surface area (Å²) >= 11 is 0. The zero-order valence-corrected chi connectivity index (χ0v) is 19.5. The van der Waals surface area contributed by atoms with Crippen molar-refractivity contribution in [2.24, 2.45) is 7.05 Å². The van der Waals surface area contributed by atoms with Gasteiger partial charge in [0.25, 0.3) is 5.56 Å². The predicted molar refractivity (Wildman–Crippen MR) is 131 cm³/mol. The molecule has 0 radical (unpaired) electrons. The van der Waals surface area contributed by atoms with Crippen LogP contribution in [0.1, 0.15) is 45.7 Å². The number of aromatic carboxylic acids is 1. The van der Waals surface area contributed by atoms with Gasteiger partial charge in [-0.1, -0.05) is 30.3 Å². The minimum Gasteiger partial charge on any atom is -0.476 e. The number of rotatable bonds is 5. The lowest BCUT2D eigenvalue weighted by Crippen LogP contribution is -2.28. The van der Waals surface area contributed by atoms with E-state index in [0.29, 0.717) is 29.9 Å². The van der Waals surface area contributed by atoms with Gasteiger partial charge in [0.2, 0.25) is 11.9 Å². The van der Waals surface area contributed by atoms with Crippen molar-refractivity contribution < 1.29 is 14.3 Å². The molecule has 0 saturated carbocycles. The Morgan fingerprint density at radius 1 is 1.11 bits per heavy atom. The van der Waals surface area contributed by atoms with Crippen LogP contribution in [0.2, 0.25) is 0 Å². The number of hydrogen-bond donors (Lipinski definition) is 2. The average molecular weight is 474 g/mol. The second kappa shape index (κ2) is 8.50. The SMILES string of the molecule is Cc1cc([C@@H](C)Nc2ccc(F)nc2C(=O)O)c2nc(N3Cc4ccccc4C3)n(C)c(=O)c2c1. The van der Waals surface area contributed by atoms with E-state index in [4.69, 9.17) is 4.98 Å². The fraction of sp³-hybridized carbons (Fsp3) is 0.231. The van der Waals surface area contributed by atoms with Crippen LogP contribution in [0.5, 0.6) is 0 Å². The Balaban J connectivity index is 1.60. The lowest BCUT2D eigenvalue weighted by atomic mass is 10.0. The quantitative estimate of drug-likeness (QED) is 0.420. The van der Waals surface area contributed by atoms with E-state index in [1.165, 1.54) is 17.2 Å². The minimum absolute atomic E-state index is 0.159. The highest BCUT2D eigenvalue weighted by atomic mass is 19.1. The number of pyridine rings is 1. The first-order chi connectivity index (χ1) is 16.7. The van der Waals surface area contributed by atoms with Crippen molar-refractivity contribution in [1.29, 1.82) is 0 Å². The Kier molecular flexibility index (Phi) is 5.47. The van der Waals surface area contributed by atoms with E-state index in [1.54, 1.807) is 11.6 Å². The number of halogens is 1. The van der Waals surface area contributed by atoms with Gasteiger partial charge in [-0.05, 0) is 48.7 Å². The van der Waals surface area contributed by atoms with Crippen molar-refractivity contribution in [2.45, 2.75) is 33.0 Å². The average Bonchev–Trinajstić information content (AvgIpc) is 3.26. The van der Waals surface area contributed by atoms with Gasteiger partial charge in [0.1, 0.15) is 0 Å². The van der Waals surface area contributed by atoms with Crippen LogP contribution in [0.4, 0.5) is 16.0 Å². The van der Waals surface area contributed by atoms with Crippen molar-refractivity contribution in [3.05, 3.63) is 92.8 Å². The van der Waals surface area contributed by atoms with Crippen LogP contribution in [0, 0.1) is 12.9 Å². The molecule has 0 fully saturated rings. The van der Waals surface area contributed by atoms with Crippen LogP contribution < -0.4 is 15.8 Å². The standard InChI is InChI=1S/C26H24FN5O3/c1-14-10-18(15(2)28-20-8-9-21(27)29-23(20)25(34)35)22-19(11-14)24(33)31(3)26(30-22)32-12-16-6-4-5-7-17(16)13-32/h4-11,15,28H,12-13H2,1-3H3,(H,34,35)/t15-/m1/s1. The van der Waals surface area contributed by atoms with Crippen molar-refractivity contribution in [2.75, 3.05) is 10.2 Å². The number of nitrogens with zero attached hydrogens (tertiary/aromatic N) is 4. The largest absolute Gasteiger partial charge is 0.476 e. The first-order valence-corrected chi connectivity index (χ1v) is 11.2. The lowest BCUT2D eigenvalue weighted by molar-refractivity contribution is 0.0690. The van der Waals surface area contributed by atoms with Crippen LogP contribution in [-0.2, 0) is 20.1 Å². The third kappa shape index (κ3) is 3.99. The number of nitrogens with one attached hydrogen (secondary N) is 1. The van der Waals surface area contributed by atoms with Gasteiger partial charge in [-0.2, -0.15) is 4.39 Å².